The molecule has 2 aromatic carbocycles. The van der Waals surface area contributed by atoms with Crippen LogP contribution in [0.2, 0.25) is 0 Å². The van der Waals surface area contributed by atoms with Gasteiger partial charge in [0.05, 0.1) is 5.69 Å². The van der Waals surface area contributed by atoms with Gasteiger partial charge in [-0.15, -0.1) is 0 Å². The number of hydrogen-bond donors (Lipinski definition) is 1. The van der Waals surface area contributed by atoms with Crippen molar-refractivity contribution in [1.29, 1.82) is 0 Å². The highest BCUT2D eigenvalue weighted by Gasteiger charge is 2.20. The van der Waals surface area contributed by atoms with Crippen molar-refractivity contribution in [1.82, 2.24) is 10.2 Å². The SMILES string of the molecule is CC(C)c1ccc(CN2CCN(c3ccccc3)CC2)c(=O)c(N2CCNCC2)c1. The lowest BCUT2D eigenvalue weighted by Gasteiger charge is -2.36. The number of benzene rings is 1. The molecule has 4 rings (SSSR count). The smallest absolute Gasteiger partial charge is 0.206 e. The summed E-state index contributed by atoms with van der Waals surface area (Å²) in [5.41, 5.74) is 4.53. The van der Waals surface area contributed by atoms with Gasteiger partial charge in [-0.3, -0.25) is 9.69 Å². The minimum absolute atomic E-state index is 0.203. The third-order valence-electron chi connectivity index (χ3n) is 6.32. The van der Waals surface area contributed by atoms with E-state index in [4.69, 9.17) is 0 Å². The van der Waals surface area contributed by atoms with Crippen LogP contribution in [-0.2, 0) is 6.54 Å². The summed E-state index contributed by atoms with van der Waals surface area (Å²) in [4.78, 5) is 20.6. The van der Waals surface area contributed by atoms with Gasteiger partial charge in [0.25, 0.3) is 0 Å². The molecule has 160 valence electrons. The molecule has 0 atom stereocenters. The highest BCUT2D eigenvalue weighted by molar-refractivity contribution is 5.51. The van der Waals surface area contributed by atoms with Crippen LogP contribution in [0.25, 0.3) is 0 Å². The van der Waals surface area contributed by atoms with Crippen LogP contribution < -0.4 is 20.5 Å². The third kappa shape index (κ3) is 4.85. The number of piperazine rings is 2. The maximum absolute atomic E-state index is 13.5. The first kappa shape index (κ1) is 20.9. The molecule has 5 nitrogen and oxygen atoms in total. The van der Waals surface area contributed by atoms with Crippen molar-refractivity contribution in [3.8, 4) is 0 Å². The average molecular weight is 407 g/mol. The Balaban J connectivity index is 1.52. The minimum Gasteiger partial charge on any atom is -0.369 e. The summed E-state index contributed by atoms with van der Waals surface area (Å²) in [6, 6.07) is 17.0. The van der Waals surface area contributed by atoms with Crippen LogP contribution in [0.5, 0.6) is 0 Å². The van der Waals surface area contributed by atoms with Crippen LogP contribution in [0.3, 0.4) is 0 Å². The first-order valence-corrected chi connectivity index (χ1v) is 11.3. The van der Waals surface area contributed by atoms with E-state index < -0.39 is 0 Å². The zero-order chi connectivity index (χ0) is 20.9. The second-order valence-corrected chi connectivity index (χ2v) is 8.71. The minimum atomic E-state index is 0.203. The number of anilines is 2. The Morgan fingerprint density at radius 3 is 2.23 bits per heavy atom. The lowest BCUT2D eigenvalue weighted by atomic mass is 10.1. The number of hydrogen-bond acceptors (Lipinski definition) is 5. The molecule has 1 N–H and O–H groups in total. The van der Waals surface area contributed by atoms with Crippen molar-refractivity contribution in [3.63, 3.8) is 0 Å². The Morgan fingerprint density at radius 1 is 0.867 bits per heavy atom. The topological polar surface area (TPSA) is 38.8 Å². The Kier molecular flexibility index (Phi) is 6.70. The molecule has 0 amide bonds. The third-order valence-corrected chi connectivity index (χ3v) is 6.32. The molecule has 0 radical (unpaired) electrons. The standard InChI is InChI=1S/C25H34N4O/c1-20(2)21-8-9-22(25(30)24(18-21)29-12-10-26-11-13-29)19-27-14-16-28(17-15-27)23-6-4-3-5-7-23/h3-9,18,20,26H,10-17,19H2,1-2H3. The summed E-state index contributed by atoms with van der Waals surface area (Å²) < 4.78 is 0. The van der Waals surface area contributed by atoms with Gasteiger partial charge in [0.1, 0.15) is 0 Å². The summed E-state index contributed by atoms with van der Waals surface area (Å²) in [6.45, 7) is 12.7. The van der Waals surface area contributed by atoms with E-state index in [9.17, 15) is 4.79 Å². The van der Waals surface area contributed by atoms with Gasteiger partial charge in [0, 0.05) is 70.2 Å². The fraction of sp³-hybridized carbons (Fsp3) is 0.480. The number of nitrogens with zero attached hydrogens (tertiary/aromatic N) is 3. The van der Waals surface area contributed by atoms with Crippen molar-refractivity contribution in [2.24, 2.45) is 0 Å². The number of nitrogens with one attached hydrogen (secondary N) is 1. The highest BCUT2D eigenvalue weighted by atomic mass is 16.1. The van der Waals surface area contributed by atoms with E-state index in [0.29, 0.717) is 5.92 Å². The van der Waals surface area contributed by atoms with Gasteiger partial charge in [0.2, 0.25) is 5.43 Å². The molecule has 0 aliphatic carbocycles. The van der Waals surface area contributed by atoms with E-state index in [-0.39, 0.29) is 5.43 Å². The fourth-order valence-corrected chi connectivity index (χ4v) is 4.38. The largest absolute Gasteiger partial charge is 0.369 e. The predicted molar refractivity (Wildman–Crippen MR) is 126 cm³/mol. The van der Waals surface area contributed by atoms with Gasteiger partial charge in [-0.05, 0) is 29.7 Å². The number of para-hydroxylation sites is 1. The van der Waals surface area contributed by atoms with E-state index in [1.54, 1.807) is 0 Å². The molecule has 0 spiro atoms. The van der Waals surface area contributed by atoms with E-state index in [0.717, 1.165) is 70.2 Å². The average Bonchev–Trinajstić information content (AvgIpc) is 2.95. The molecule has 0 saturated carbocycles. The summed E-state index contributed by atoms with van der Waals surface area (Å²) in [5.74, 6) is 0.403. The Hall–Kier alpha value is -2.37. The quantitative estimate of drug-likeness (QED) is 0.827. The van der Waals surface area contributed by atoms with Gasteiger partial charge < -0.3 is 15.1 Å². The van der Waals surface area contributed by atoms with Crippen LogP contribution in [0.4, 0.5) is 11.4 Å². The molecule has 2 heterocycles. The molecule has 0 aromatic heterocycles. The molecular weight excluding hydrogens is 372 g/mol. The summed E-state index contributed by atoms with van der Waals surface area (Å²) >= 11 is 0. The van der Waals surface area contributed by atoms with Gasteiger partial charge in [-0.2, -0.15) is 0 Å². The van der Waals surface area contributed by atoms with Crippen molar-refractivity contribution in [2.45, 2.75) is 26.3 Å². The van der Waals surface area contributed by atoms with E-state index in [1.807, 2.05) is 0 Å². The summed E-state index contributed by atoms with van der Waals surface area (Å²) in [5, 5.41) is 3.39. The molecule has 5 heteroatoms. The number of rotatable bonds is 5. The highest BCUT2D eigenvalue weighted by Crippen LogP contribution is 2.21. The van der Waals surface area contributed by atoms with Crippen LogP contribution in [0.1, 0.15) is 30.9 Å². The Bertz CT molecular complexity index is 885. The summed E-state index contributed by atoms with van der Waals surface area (Å²) in [6.07, 6.45) is 0. The normalized spacial score (nSPS) is 18.1. The molecule has 2 aliphatic heterocycles. The Labute approximate surface area is 180 Å². The van der Waals surface area contributed by atoms with Crippen molar-refractivity contribution in [2.75, 3.05) is 62.2 Å². The fourth-order valence-electron chi connectivity index (χ4n) is 4.38. The van der Waals surface area contributed by atoms with E-state index >= 15 is 0 Å². The van der Waals surface area contributed by atoms with Crippen LogP contribution in [0.15, 0.2) is 53.3 Å². The molecule has 2 saturated heterocycles. The monoisotopic (exact) mass is 406 g/mol. The maximum Gasteiger partial charge on any atom is 0.206 e. The van der Waals surface area contributed by atoms with Crippen molar-refractivity contribution in [3.05, 3.63) is 69.9 Å². The zero-order valence-corrected chi connectivity index (χ0v) is 18.3. The molecule has 2 aliphatic rings. The molecule has 2 aromatic rings. The molecule has 30 heavy (non-hydrogen) atoms. The second-order valence-electron chi connectivity index (χ2n) is 8.71. The first-order valence-electron chi connectivity index (χ1n) is 11.3. The van der Waals surface area contributed by atoms with Crippen LogP contribution in [0, 0.1) is 0 Å². The predicted octanol–water partition coefficient (Wildman–Crippen LogP) is 2.90. The summed E-state index contributed by atoms with van der Waals surface area (Å²) in [7, 11) is 0. The van der Waals surface area contributed by atoms with Gasteiger partial charge >= 0.3 is 0 Å². The van der Waals surface area contributed by atoms with Gasteiger partial charge in [-0.1, -0.05) is 44.2 Å². The Morgan fingerprint density at radius 2 is 1.57 bits per heavy atom. The van der Waals surface area contributed by atoms with Gasteiger partial charge in [0.15, 0.2) is 0 Å². The second kappa shape index (κ2) is 9.63. The van der Waals surface area contributed by atoms with Crippen molar-refractivity contribution >= 4 is 11.4 Å². The van der Waals surface area contributed by atoms with Crippen molar-refractivity contribution < 1.29 is 0 Å². The first-order chi connectivity index (χ1) is 14.6. The van der Waals surface area contributed by atoms with Gasteiger partial charge in [-0.25, -0.2) is 0 Å². The van der Waals surface area contributed by atoms with E-state index in [1.165, 1.54) is 11.3 Å². The molecule has 0 unspecified atom stereocenters. The molecule has 2 fully saturated rings. The zero-order valence-electron chi connectivity index (χ0n) is 18.3. The lowest BCUT2D eigenvalue weighted by Crippen LogP contribution is -2.47. The van der Waals surface area contributed by atoms with E-state index in [2.05, 4.69) is 82.4 Å². The lowest BCUT2D eigenvalue weighted by molar-refractivity contribution is 0.249. The van der Waals surface area contributed by atoms with Crippen LogP contribution in [-0.4, -0.2) is 57.3 Å². The molecule has 0 bridgehead atoms. The molecular formula is C25H34N4O. The maximum atomic E-state index is 13.5. The van der Waals surface area contributed by atoms with Crippen LogP contribution >= 0.6 is 0 Å².